The topological polar surface area (TPSA) is 29.3 Å². The van der Waals surface area contributed by atoms with Crippen molar-refractivity contribution >= 4 is 0 Å². The van der Waals surface area contributed by atoms with E-state index < -0.39 is 0 Å². The van der Waals surface area contributed by atoms with E-state index in [1.807, 2.05) is 0 Å². The van der Waals surface area contributed by atoms with Gasteiger partial charge >= 0.3 is 0 Å². The van der Waals surface area contributed by atoms with Crippen molar-refractivity contribution in [1.29, 1.82) is 0 Å². The minimum Gasteiger partial charge on any atom is -0.329 e. The minimum absolute atomic E-state index is 0.304. The predicted molar refractivity (Wildman–Crippen MR) is 78.6 cm³/mol. The molecule has 2 nitrogen and oxygen atoms in total. The van der Waals surface area contributed by atoms with Crippen molar-refractivity contribution in [3.05, 3.63) is 0 Å². The molecule has 1 aliphatic heterocycles. The highest BCUT2D eigenvalue weighted by molar-refractivity contribution is 5.00. The Morgan fingerprint density at radius 1 is 1.11 bits per heavy atom. The number of nitrogens with zero attached hydrogens (tertiary/aromatic N) is 1. The molecule has 2 aliphatic rings. The van der Waals surface area contributed by atoms with Gasteiger partial charge in [-0.3, -0.25) is 4.90 Å². The zero-order valence-electron chi connectivity index (χ0n) is 12.8. The van der Waals surface area contributed by atoms with E-state index in [4.69, 9.17) is 5.73 Å². The summed E-state index contributed by atoms with van der Waals surface area (Å²) in [6, 6.07) is 0.727. The van der Waals surface area contributed by atoms with Crippen molar-refractivity contribution in [1.82, 2.24) is 4.90 Å². The fourth-order valence-corrected chi connectivity index (χ4v) is 4.29. The highest BCUT2D eigenvalue weighted by Crippen LogP contribution is 2.43. The third kappa shape index (κ3) is 2.75. The van der Waals surface area contributed by atoms with E-state index in [2.05, 4.69) is 32.6 Å². The Balaban J connectivity index is 2.15. The fourth-order valence-electron chi connectivity index (χ4n) is 4.29. The summed E-state index contributed by atoms with van der Waals surface area (Å²) in [6.45, 7) is 11.8. The van der Waals surface area contributed by atoms with E-state index in [-0.39, 0.29) is 0 Å². The third-order valence-electron chi connectivity index (χ3n) is 5.54. The van der Waals surface area contributed by atoms with Gasteiger partial charge in [-0.25, -0.2) is 0 Å². The molecule has 3 atom stereocenters. The SMILES string of the molecule is CC1CC(C)N(C2(CN)CCCC(C)(C)CC2)C1. The maximum Gasteiger partial charge on any atom is 0.0334 e. The van der Waals surface area contributed by atoms with Crippen molar-refractivity contribution < 1.29 is 0 Å². The molecule has 106 valence electrons. The highest BCUT2D eigenvalue weighted by atomic mass is 15.3. The van der Waals surface area contributed by atoms with Crippen LogP contribution in [0.1, 0.15) is 66.2 Å². The standard InChI is InChI=1S/C16H32N2/c1-13-10-14(2)18(11-13)16(12-17)7-5-6-15(3,4)8-9-16/h13-14H,5-12,17H2,1-4H3. The molecule has 0 aromatic rings. The number of nitrogens with two attached hydrogens (primary N) is 1. The van der Waals surface area contributed by atoms with Crippen molar-refractivity contribution in [3.63, 3.8) is 0 Å². The average molecular weight is 252 g/mol. The normalized spacial score (nSPS) is 41.8. The van der Waals surface area contributed by atoms with Crippen LogP contribution < -0.4 is 5.73 Å². The molecule has 0 radical (unpaired) electrons. The van der Waals surface area contributed by atoms with Crippen LogP contribution in [0.15, 0.2) is 0 Å². The van der Waals surface area contributed by atoms with Crippen LogP contribution in [0.2, 0.25) is 0 Å². The van der Waals surface area contributed by atoms with E-state index in [0.717, 1.165) is 18.5 Å². The minimum atomic E-state index is 0.304. The summed E-state index contributed by atoms with van der Waals surface area (Å²) in [5.74, 6) is 0.847. The molecule has 1 saturated heterocycles. The second-order valence-corrected chi connectivity index (χ2v) is 7.79. The Labute approximate surface area is 113 Å². The van der Waals surface area contributed by atoms with Crippen molar-refractivity contribution in [2.45, 2.75) is 77.8 Å². The molecular weight excluding hydrogens is 220 g/mol. The predicted octanol–water partition coefficient (Wildman–Crippen LogP) is 3.40. The van der Waals surface area contributed by atoms with E-state index in [1.165, 1.54) is 45.1 Å². The molecule has 0 aromatic heterocycles. The van der Waals surface area contributed by atoms with Gasteiger partial charge in [-0.1, -0.05) is 27.2 Å². The molecule has 3 unspecified atom stereocenters. The van der Waals surface area contributed by atoms with Crippen molar-refractivity contribution in [2.24, 2.45) is 17.1 Å². The van der Waals surface area contributed by atoms with Crippen LogP contribution >= 0.6 is 0 Å². The molecule has 2 rings (SSSR count). The summed E-state index contributed by atoms with van der Waals surface area (Å²) in [6.07, 6.45) is 8.01. The quantitative estimate of drug-likeness (QED) is 0.763. The Hall–Kier alpha value is -0.0800. The molecular formula is C16H32N2. The van der Waals surface area contributed by atoms with Gasteiger partial charge < -0.3 is 5.73 Å². The summed E-state index contributed by atoms with van der Waals surface area (Å²) in [7, 11) is 0. The lowest BCUT2D eigenvalue weighted by Crippen LogP contribution is -2.55. The molecule has 0 bridgehead atoms. The molecule has 0 aromatic carbocycles. The van der Waals surface area contributed by atoms with Crippen LogP contribution in [-0.2, 0) is 0 Å². The Kier molecular flexibility index (Phi) is 4.08. The molecule has 1 saturated carbocycles. The summed E-state index contributed by atoms with van der Waals surface area (Å²) >= 11 is 0. The number of hydrogen-bond acceptors (Lipinski definition) is 2. The van der Waals surface area contributed by atoms with Gasteiger partial charge in [-0.2, -0.15) is 0 Å². The summed E-state index contributed by atoms with van der Waals surface area (Å²) < 4.78 is 0. The molecule has 2 heteroatoms. The molecule has 2 N–H and O–H groups in total. The number of hydrogen-bond donors (Lipinski definition) is 1. The maximum absolute atomic E-state index is 6.24. The average Bonchev–Trinajstić information content (AvgIpc) is 2.55. The van der Waals surface area contributed by atoms with Crippen LogP contribution in [0.25, 0.3) is 0 Å². The first-order chi connectivity index (χ1) is 8.38. The lowest BCUT2D eigenvalue weighted by Gasteiger charge is -2.44. The Morgan fingerprint density at radius 3 is 2.39 bits per heavy atom. The van der Waals surface area contributed by atoms with Gasteiger partial charge in [0.25, 0.3) is 0 Å². The van der Waals surface area contributed by atoms with E-state index in [0.29, 0.717) is 11.0 Å². The van der Waals surface area contributed by atoms with Crippen LogP contribution in [0, 0.1) is 11.3 Å². The van der Waals surface area contributed by atoms with Crippen LogP contribution in [0.5, 0.6) is 0 Å². The van der Waals surface area contributed by atoms with E-state index in [9.17, 15) is 0 Å². The third-order valence-corrected chi connectivity index (χ3v) is 5.54. The summed E-state index contributed by atoms with van der Waals surface area (Å²) in [5, 5.41) is 0. The first-order valence-corrected chi connectivity index (χ1v) is 7.85. The Bertz CT molecular complexity index is 287. The first kappa shape index (κ1) is 14.3. The zero-order valence-corrected chi connectivity index (χ0v) is 12.8. The van der Waals surface area contributed by atoms with Crippen LogP contribution in [0.3, 0.4) is 0 Å². The lowest BCUT2D eigenvalue weighted by atomic mass is 9.82. The van der Waals surface area contributed by atoms with Crippen LogP contribution in [0.4, 0.5) is 0 Å². The van der Waals surface area contributed by atoms with Gasteiger partial charge in [-0.05, 0) is 50.4 Å². The summed E-state index contributed by atoms with van der Waals surface area (Å²) in [5.41, 5.74) is 7.06. The molecule has 1 heterocycles. The zero-order chi connectivity index (χ0) is 13.4. The smallest absolute Gasteiger partial charge is 0.0334 e. The van der Waals surface area contributed by atoms with E-state index >= 15 is 0 Å². The molecule has 0 amide bonds. The first-order valence-electron chi connectivity index (χ1n) is 7.85. The Morgan fingerprint density at radius 2 is 1.83 bits per heavy atom. The second-order valence-electron chi connectivity index (χ2n) is 7.79. The molecule has 1 aliphatic carbocycles. The monoisotopic (exact) mass is 252 g/mol. The lowest BCUT2D eigenvalue weighted by molar-refractivity contribution is 0.0668. The van der Waals surface area contributed by atoms with E-state index in [1.54, 1.807) is 0 Å². The van der Waals surface area contributed by atoms with Gasteiger partial charge in [0.2, 0.25) is 0 Å². The van der Waals surface area contributed by atoms with Gasteiger partial charge in [0, 0.05) is 24.7 Å². The van der Waals surface area contributed by atoms with Crippen molar-refractivity contribution in [3.8, 4) is 0 Å². The molecule has 0 spiro atoms. The van der Waals surface area contributed by atoms with Gasteiger partial charge in [-0.15, -0.1) is 0 Å². The maximum atomic E-state index is 6.24. The largest absolute Gasteiger partial charge is 0.329 e. The van der Waals surface area contributed by atoms with Gasteiger partial charge in [0.15, 0.2) is 0 Å². The molecule has 2 fully saturated rings. The second kappa shape index (κ2) is 5.13. The number of likely N-dealkylation sites (tertiary alicyclic amines) is 1. The summed E-state index contributed by atoms with van der Waals surface area (Å²) in [4.78, 5) is 2.76. The van der Waals surface area contributed by atoms with Crippen molar-refractivity contribution in [2.75, 3.05) is 13.1 Å². The fraction of sp³-hybridized carbons (Fsp3) is 1.00. The van der Waals surface area contributed by atoms with Gasteiger partial charge in [0.05, 0.1) is 0 Å². The number of rotatable bonds is 2. The molecule has 18 heavy (non-hydrogen) atoms. The van der Waals surface area contributed by atoms with Crippen LogP contribution in [-0.4, -0.2) is 29.6 Å². The highest BCUT2D eigenvalue weighted by Gasteiger charge is 2.43. The van der Waals surface area contributed by atoms with Gasteiger partial charge in [0.1, 0.15) is 0 Å².